The lowest BCUT2D eigenvalue weighted by atomic mass is 9.86. The van der Waals surface area contributed by atoms with E-state index < -0.39 is 68.3 Å². The van der Waals surface area contributed by atoms with Crippen molar-refractivity contribution >= 4 is 0 Å². The van der Waals surface area contributed by atoms with Gasteiger partial charge in [0.25, 0.3) is 0 Å². The van der Waals surface area contributed by atoms with Crippen molar-refractivity contribution in [3.63, 3.8) is 0 Å². The van der Waals surface area contributed by atoms with Crippen molar-refractivity contribution in [2.24, 2.45) is 5.41 Å². The first-order valence-corrected chi connectivity index (χ1v) is 8.54. The van der Waals surface area contributed by atoms with Gasteiger partial charge in [0, 0.05) is 0 Å². The highest BCUT2D eigenvalue weighted by Crippen LogP contribution is 2.27. The van der Waals surface area contributed by atoms with Gasteiger partial charge in [-0.3, -0.25) is 0 Å². The van der Waals surface area contributed by atoms with Crippen LogP contribution in [0.4, 0.5) is 0 Å². The van der Waals surface area contributed by atoms with Crippen LogP contribution in [0.1, 0.15) is 27.2 Å². The minimum atomic E-state index is -1.74. The molecule has 1 fully saturated rings. The highest BCUT2D eigenvalue weighted by Gasteiger charge is 2.46. The molecule has 6 unspecified atom stereocenters. The van der Waals surface area contributed by atoms with Gasteiger partial charge in [-0.1, -0.05) is 20.8 Å². The van der Waals surface area contributed by atoms with Gasteiger partial charge in [0.15, 0.2) is 6.29 Å². The molecule has 1 aliphatic rings. The van der Waals surface area contributed by atoms with Crippen molar-refractivity contribution in [3.05, 3.63) is 0 Å². The van der Waals surface area contributed by atoms with Crippen molar-refractivity contribution < 1.29 is 50.3 Å². The zero-order valence-corrected chi connectivity index (χ0v) is 15.2. The Morgan fingerprint density at radius 1 is 0.923 bits per heavy atom. The largest absolute Gasteiger partial charge is 0.394 e. The van der Waals surface area contributed by atoms with E-state index in [1.807, 2.05) is 20.8 Å². The van der Waals surface area contributed by atoms with E-state index in [0.717, 1.165) is 0 Å². The molecule has 0 spiro atoms. The molecule has 0 saturated carbocycles. The third-order valence-corrected chi connectivity index (χ3v) is 4.26. The quantitative estimate of drug-likeness (QED) is 0.211. The molecule has 10 nitrogen and oxygen atoms in total. The van der Waals surface area contributed by atoms with Crippen LogP contribution >= 0.6 is 0 Å². The molecule has 0 radical (unpaired) electrons. The molecule has 1 saturated heterocycles. The summed E-state index contributed by atoms with van der Waals surface area (Å²) in [5.74, 6) is 0. The minimum Gasteiger partial charge on any atom is -0.394 e. The molecule has 1 heterocycles. The molecule has 0 aromatic heterocycles. The molecule has 0 bridgehead atoms. The van der Waals surface area contributed by atoms with Gasteiger partial charge in [0.1, 0.15) is 42.7 Å². The Bertz CT molecular complexity index is 412. The predicted molar refractivity (Wildman–Crippen MR) is 87.8 cm³/mol. The Morgan fingerprint density at radius 2 is 1.50 bits per heavy atom. The van der Waals surface area contributed by atoms with E-state index in [1.54, 1.807) is 0 Å². The molecular weight excluding hydrogens is 352 g/mol. The summed E-state index contributed by atoms with van der Waals surface area (Å²) in [6.07, 6.45) is -13.9. The van der Waals surface area contributed by atoms with Gasteiger partial charge in [-0.15, -0.1) is 0 Å². The van der Waals surface area contributed by atoms with Crippen LogP contribution in [0, 0.1) is 5.41 Å². The zero-order chi connectivity index (χ0) is 20.2. The Morgan fingerprint density at radius 3 is 1.96 bits per heavy atom. The topological polar surface area (TPSA) is 180 Å². The normalized spacial score (nSPS) is 35.0. The van der Waals surface area contributed by atoms with E-state index in [4.69, 9.17) is 9.47 Å². The zero-order valence-electron chi connectivity index (χ0n) is 15.2. The fourth-order valence-electron chi connectivity index (χ4n) is 2.80. The van der Waals surface area contributed by atoms with Crippen LogP contribution in [0.15, 0.2) is 0 Å². The highest BCUT2D eigenvalue weighted by molar-refractivity contribution is 4.91. The van der Waals surface area contributed by atoms with Crippen molar-refractivity contribution in [1.29, 1.82) is 0 Å². The van der Waals surface area contributed by atoms with Crippen LogP contribution in [0.5, 0.6) is 0 Å². The molecule has 1 rings (SSSR count). The van der Waals surface area contributed by atoms with E-state index in [2.05, 4.69) is 0 Å². The second kappa shape index (κ2) is 9.69. The molecule has 156 valence electrons. The Hall–Kier alpha value is -0.400. The summed E-state index contributed by atoms with van der Waals surface area (Å²) < 4.78 is 10.5. The number of ether oxygens (including phenoxy) is 2. The first-order chi connectivity index (χ1) is 11.9. The molecule has 1 aliphatic heterocycles. The summed E-state index contributed by atoms with van der Waals surface area (Å²) in [4.78, 5) is 0. The molecular formula is C16H32O10. The molecule has 8 N–H and O–H groups in total. The third-order valence-electron chi connectivity index (χ3n) is 4.26. The number of hydrogen-bond acceptors (Lipinski definition) is 10. The first-order valence-electron chi connectivity index (χ1n) is 8.54. The van der Waals surface area contributed by atoms with Gasteiger partial charge in [0.2, 0.25) is 0 Å². The minimum absolute atomic E-state index is 0.154. The lowest BCUT2D eigenvalue weighted by Gasteiger charge is -2.42. The molecule has 26 heavy (non-hydrogen) atoms. The lowest BCUT2D eigenvalue weighted by molar-refractivity contribution is -0.327. The Kier molecular flexibility index (Phi) is 8.81. The predicted octanol–water partition coefficient (Wildman–Crippen LogP) is -3.32. The summed E-state index contributed by atoms with van der Waals surface area (Å²) >= 11 is 0. The second-order valence-corrected chi connectivity index (χ2v) is 7.87. The summed E-state index contributed by atoms with van der Waals surface area (Å²) in [5, 5.41) is 78.4. The van der Waals surface area contributed by atoms with Crippen molar-refractivity contribution in [1.82, 2.24) is 0 Å². The number of hydrogen-bond donors (Lipinski definition) is 8. The van der Waals surface area contributed by atoms with Gasteiger partial charge in [-0.05, 0) is 11.8 Å². The van der Waals surface area contributed by atoms with Gasteiger partial charge < -0.3 is 50.3 Å². The molecule has 0 amide bonds. The highest BCUT2D eigenvalue weighted by atomic mass is 16.7. The maximum absolute atomic E-state index is 10.4. The van der Waals surface area contributed by atoms with E-state index in [0.29, 0.717) is 0 Å². The van der Waals surface area contributed by atoms with Gasteiger partial charge in [-0.2, -0.15) is 0 Å². The van der Waals surface area contributed by atoms with Crippen LogP contribution < -0.4 is 0 Å². The average molecular weight is 384 g/mol. The van der Waals surface area contributed by atoms with Gasteiger partial charge in [-0.25, -0.2) is 0 Å². The molecule has 0 aromatic rings. The number of aliphatic hydroxyl groups excluding tert-OH is 8. The third kappa shape index (κ3) is 6.06. The van der Waals surface area contributed by atoms with E-state index >= 15 is 0 Å². The Labute approximate surface area is 152 Å². The van der Waals surface area contributed by atoms with Crippen molar-refractivity contribution in [2.75, 3.05) is 13.2 Å². The van der Waals surface area contributed by atoms with Crippen LogP contribution in [0.3, 0.4) is 0 Å². The fourth-order valence-corrected chi connectivity index (χ4v) is 2.80. The van der Waals surface area contributed by atoms with E-state index in [-0.39, 0.29) is 11.8 Å². The SMILES string of the molecule is CC(C)(C)CC(O)C(O)C(O[C@H]1OC(CO)[C@@H](O)[C@H](O)C1O)C(O)CO. The summed E-state index contributed by atoms with van der Waals surface area (Å²) in [6.45, 7) is 4.02. The van der Waals surface area contributed by atoms with Crippen LogP contribution in [-0.2, 0) is 9.47 Å². The maximum Gasteiger partial charge on any atom is 0.187 e. The first kappa shape index (κ1) is 23.6. The average Bonchev–Trinajstić information content (AvgIpc) is 2.56. The smallest absolute Gasteiger partial charge is 0.187 e. The van der Waals surface area contributed by atoms with E-state index in [9.17, 15) is 40.9 Å². The molecule has 0 aliphatic carbocycles. The lowest BCUT2D eigenvalue weighted by Crippen LogP contribution is -2.61. The summed E-state index contributed by atoms with van der Waals surface area (Å²) in [6, 6.07) is 0. The van der Waals surface area contributed by atoms with Crippen molar-refractivity contribution in [2.45, 2.75) is 82.3 Å². The number of rotatable bonds is 8. The monoisotopic (exact) mass is 384 g/mol. The number of aliphatic hydroxyl groups is 8. The van der Waals surface area contributed by atoms with Gasteiger partial charge in [0.05, 0.1) is 19.3 Å². The fraction of sp³-hybridized carbons (Fsp3) is 1.00. The van der Waals surface area contributed by atoms with Crippen molar-refractivity contribution in [3.8, 4) is 0 Å². The Balaban J connectivity index is 2.93. The second-order valence-electron chi connectivity index (χ2n) is 7.87. The van der Waals surface area contributed by atoms with Crippen LogP contribution in [0.25, 0.3) is 0 Å². The van der Waals surface area contributed by atoms with Crippen LogP contribution in [0.2, 0.25) is 0 Å². The van der Waals surface area contributed by atoms with E-state index in [1.165, 1.54) is 0 Å². The summed E-state index contributed by atoms with van der Waals surface area (Å²) in [5.41, 5.74) is -0.349. The summed E-state index contributed by atoms with van der Waals surface area (Å²) in [7, 11) is 0. The van der Waals surface area contributed by atoms with Crippen LogP contribution in [-0.4, -0.2) is 109 Å². The maximum atomic E-state index is 10.4. The standard InChI is InChI=1S/C16H32O10/c1-16(2,3)4-7(19)10(21)14(8(20)5-17)26-15-13(24)12(23)11(22)9(6-18)25-15/h7-15,17-24H,4-6H2,1-3H3/t7?,8?,9?,10?,11-,12+,13?,14?,15-/m1/s1. The molecule has 10 heteroatoms. The molecule has 0 aromatic carbocycles. The van der Waals surface area contributed by atoms with Gasteiger partial charge >= 0.3 is 0 Å². The molecule has 9 atom stereocenters.